The van der Waals surface area contributed by atoms with Crippen molar-refractivity contribution in [3.8, 4) is 0 Å². The van der Waals surface area contributed by atoms with Crippen LogP contribution in [-0.2, 0) is 6.42 Å². The van der Waals surface area contributed by atoms with Crippen LogP contribution in [0, 0.1) is 0 Å². The Morgan fingerprint density at radius 3 is 3.00 bits per heavy atom. The first-order valence-corrected chi connectivity index (χ1v) is 5.45. The molecule has 0 spiro atoms. The molecule has 1 aromatic rings. The molecule has 0 saturated heterocycles. The Hall–Kier alpha value is -1.16. The number of nitrogen functional groups attached to an aromatic ring is 1. The Kier molecular flexibility index (Phi) is 2.37. The van der Waals surface area contributed by atoms with Gasteiger partial charge in [0.1, 0.15) is 0 Å². The molecule has 0 unspecified atom stereocenters. The van der Waals surface area contributed by atoms with Gasteiger partial charge in [-0.2, -0.15) is 0 Å². The van der Waals surface area contributed by atoms with Crippen molar-refractivity contribution < 1.29 is 9.90 Å². The van der Waals surface area contributed by atoms with Crippen molar-refractivity contribution in [1.29, 1.82) is 0 Å². The van der Waals surface area contributed by atoms with Gasteiger partial charge < -0.3 is 10.8 Å². The maximum atomic E-state index is 11.0. The van der Waals surface area contributed by atoms with E-state index < -0.39 is 5.97 Å². The summed E-state index contributed by atoms with van der Waals surface area (Å²) in [5.41, 5.74) is 7.63. The number of benzene rings is 1. The number of anilines is 1. The van der Waals surface area contributed by atoms with Crippen LogP contribution in [0.4, 0.5) is 5.69 Å². The van der Waals surface area contributed by atoms with Gasteiger partial charge in [0.05, 0.1) is 5.56 Å². The minimum absolute atomic E-state index is 0.352. The molecule has 1 heterocycles. The largest absolute Gasteiger partial charge is 0.478 e. The van der Waals surface area contributed by atoms with Crippen molar-refractivity contribution in [2.45, 2.75) is 17.7 Å². The zero-order valence-corrected chi connectivity index (χ0v) is 8.43. The highest BCUT2D eigenvalue weighted by Crippen LogP contribution is 2.34. The van der Waals surface area contributed by atoms with Crippen LogP contribution in [0.2, 0.25) is 0 Å². The smallest absolute Gasteiger partial charge is 0.336 e. The molecule has 0 aliphatic carbocycles. The fraction of sp³-hybridized carbons (Fsp3) is 0.300. The lowest BCUT2D eigenvalue weighted by atomic mass is 10.0. The van der Waals surface area contributed by atoms with Gasteiger partial charge in [0.2, 0.25) is 0 Å². The fourth-order valence-electron chi connectivity index (χ4n) is 1.67. The van der Waals surface area contributed by atoms with Crippen LogP contribution in [-0.4, -0.2) is 16.8 Å². The number of aromatic carboxylic acids is 1. The molecular weight excluding hydrogens is 198 g/mol. The van der Waals surface area contributed by atoms with Crippen LogP contribution in [0.5, 0.6) is 0 Å². The van der Waals surface area contributed by atoms with E-state index in [0.29, 0.717) is 11.3 Å². The summed E-state index contributed by atoms with van der Waals surface area (Å²) in [6.45, 7) is 0. The van der Waals surface area contributed by atoms with Gasteiger partial charge in [-0.3, -0.25) is 0 Å². The Bertz CT molecular complexity index is 390. The fourth-order valence-corrected chi connectivity index (χ4v) is 2.81. The summed E-state index contributed by atoms with van der Waals surface area (Å²) < 4.78 is 0. The number of nitrogens with two attached hydrogens (primary N) is 1. The second-order valence-corrected chi connectivity index (χ2v) is 4.42. The lowest BCUT2D eigenvalue weighted by Gasteiger charge is -2.17. The van der Waals surface area contributed by atoms with Crippen LogP contribution in [0.3, 0.4) is 0 Å². The summed E-state index contributed by atoms with van der Waals surface area (Å²) in [6.07, 6.45) is 2.04. The van der Waals surface area contributed by atoms with Gasteiger partial charge in [-0.15, -0.1) is 11.8 Å². The number of hydrogen-bond donors (Lipinski definition) is 2. The normalized spacial score (nSPS) is 14.9. The summed E-state index contributed by atoms with van der Waals surface area (Å²) in [6, 6.07) is 3.42. The SMILES string of the molecule is Nc1cc2c(c(C(=O)O)c1)SCCC2. The van der Waals surface area contributed by atoms with Gasteiger partial charge in [-0.25, -0.2) is 4.79 Å². The lowest BCUT2D eigenvalue weighted by Crippen LogP contribution is -2.07. The van der Waals surface area contributed by atoms with Crippen molar-refractivity contribution in [2.24, 2.45) is 0 Å². The quantitative estimate of drug-likeness (QED) is 0.694. The molecule has 0 fully saturated rings. The van der Waals surface area contributed by atoms with E-state index in [1.54, 1.807) is 17.8 Å². The zero-order valence-electron chi connectivity index (χ0n) is 7.62. The summed E-state index contributed by atoms with van der Waals surface area (Å²) in [7, 11) is 0. The number of rotatable bonds is 1. The predicted octanol–water partition coefficient (Wildman–Crippen LogP) is 2.01. The first-order valence-electron chi connectivity index (χ1n) is 4.47. The van der Waals surface area contributed by atoms with E-state index in [4.69, 9.17) is 10.8 Å². The van der Waals surface area contributed by atoms with Crippen molar-refractivity contribution in [2.75, 3.05) is 11.5 Å². The first-order chi connectivity index (χ1) is 6.68. The standard InChI is InChI=1S/C10H11NO2S/c11-7-4-6-2-1-3-14-9(6)8(5-7)10(12)13/h4-5H,1-3,11H2,(H,12,13). The predicted molar refractivity (Wildman–Crippen MR) is 56.9 cm³/mol. The molecule has 0 aromatic heterocycles. The molecule has 3 nitrogen and oxygen atoms in total. The highest BCUT2D eigenvalue weighted by molar-refractivity contribution is 7.99. The highest BCUT2D eigenvalue weighted by atomic mass is 32.2. The molecule has 1 aromatic carbocycles. The van der Waals surface area contributed by atoms with Crippen LogP contribution >= 0.6 is 11.8 Å². The Morgan fingerprint density at radius 2 is 2.29 bits per heavy atom. The maximum absolute atomic E-state index is 11.0. The van der Waals surface area contributed by atoms with Gasteiger partial charge in [0.25, 0.3) is 0 Å². The van der Waals surface area contributed by atoms with E-state index >= 15 is 0 Å². The molecule has 0 bridgehead atoms. The molecule has 2 rings (SSSR count). The zero-order chi connectivity index (χ0) is 10.1. The van der Waals surface area contributed by atoms with E-state index in [1.165, 1.54) is 0 Å². The Morgan fingerprint density at radius 1 is 1.50 bits per heavy atom. The maximum Gasteiger partial charge on any atom is 0.336 e. The summed E-state index contributed by atoms with van der Waals surface area (Å²) in [5.74, 6) is 0.111. The number of hydrogen-bond acceptors (Lipinski definition) is 3. The lowest BCUT2D eigenvalue weighted by molar-refractivity contribution is 0.0693. The molecule has 0 radical (unpaired) electrons. The Labute approximate surface area is 86.3 Å². The van der Waals surface area contributed by atoms with Crippen LogP contribution in [0.25, 0.3) is 0 Å². The average Bonchev–Trinajstić information content (AvgIpc) is 2.16. The van der Waals surface area contributed by atoms with Crippen molar-refractivity contribution in [1.82, 2.24) is 0 Å². The average molecular weight is 209 g/mol. The van der Waals surface area contributed by atoms with Crippen molar-refractivity contribution in [3.63, 3.8) is 0 Å². The minimum atomic E-state index is -0.886. The number of carbonyl (C=O) groups is 1. The summed E-state index contributed by atoms with van der Waals surface area (Å²) >= 11 is 1.62. The molecular formula is C10H11NO2S. The van der Waals surface area contributed by atoms with Crippen LogP contribution < -0.4 is 5.73 Å². The van der Waals surface area contributed by atoms with Crippen LogP contribution in [0.15, 0.2) is 17.0 Å². The van der Waals surface area contributed by atoms with E-state index in [-0.39, 0.29) is 0 Å². The van der Waals surface area contributed by atoms with Crippen molar-refractivity contribution in [3.05, 3.63) is 23.3 Å². The number of carboxylic acid groups (broad SMARTS) is 1. The molecule has 1 aliphatic heterocycles. The number of thioether (sulfide) groups is 1. The highest BCUT2D eigenvalue weighted by Gasteiger charge is 2.18. The molecule has 0 amide bonds. The third-order valence-corrected chi connectivity index (χ3v) is 3.52. The number of aryl methyl sites for hydroxylation is 1. The molecule has 0 saturated carbocycles. The van der Waals surface area contributed by atoms with Gasteiger partial charge in [0, 0.05) is 10.6 Å². The monoisotopic (exact) mass is 209 g/mol. The molecule has 74 valence electrons. The number of fused-ring (bicyclic) bond motifs is 1. The van der Waals surface area contributed by atoms with Gasteiger partial charge in [-0.05, 0) is 36.3 Å². The van der Waals surface area contributed by atoms with Crippen LogP contribution in [0.1, 0.15) is 22.3 Å². The third kappa shape index (κ3) is 1.57. The molecule has 3 N–H and O–H groups in total. The van der Waals surface area contributed by atoms with Crippen molar-refractivity contribution >= 4 is 23.4 Å². The molecule has 14 heavy (non-hydrogen) atoms. The summed E-state index contributed by atoms with van der Waals surface area (Å²) in [4.78, 5) is 11.9. The number of carboxylic acids is 1. The van der Waals surface area contributed by atoms with E-state index in [1.807, 2.05) is 6.07 Å². The van der Waals surface area contributed by atoms with E-state index in [0.717, 1.165) is 29.1 Å². The van der Waals surface area contributed by atoms with Gasteiger partial charge in [-0.1, -0.05) is 0 Å². The minimum Gasteiger partial charge on any atom is -0.478 e. The van der Waals surface area contributed by atoms with Gasteiger partial charge >= 0.3 is 5.97 Å². The van der Waals surface area contributed by atoms with E-state index in [9.17, 15) is 4.79 Å². The summed E-state index contributed by atoms with van der Waals surface area (Å²) in [5, 5.41) is 9.00. The van der Waals surface area contributed by atoms with E-state index in [2.05, 4.69) is 0 Å². The van der Waals surface area contributed by atoms with Gasteiger partial charge in [0.15, 0.2) is 0 Å². The third-order valence-electron chi connectivity index (χ3n) is 2.26. The Balaban J connectivity index is 2.58. The molecule has 1 aliphatic rings. The molecule has 0 atom stereocenters. The first kappa shape index (κ1) is 9.40. The second-order valence-electron chi connectivity index (χ2n) is 3.31. The molecule has 4 heteroatoms. The second kappa shape index (κ2) is 3.53. The topological polar surface area (TPSA) is 63.3 Å².